The van der Waals surface area contributed by atoms with Crippen LogP contribution in [0, 0.1) is 11.6 Å². The van der Waals surface area contributed by atoms with Crippen LogP contribution in [0.2, 0.25) is 0 Å². The van der Waals surface area contributed by atoms with Gasteiger partial charge in [0.2, 0.25) is 0 Å². The average Bonchev–Trinajstić information content (AvgIpc) is 2.41. The van der Waals surface area contributed by atoms with Crippen molar-refractivity contribution in [2.24, 2.45) is 0 Å². The van der Waals surface area contributed by atoms with Gasteiger partial charge in [0.05, 0.1) is 5.88 Å². The van der Waals surface area contributed by atoms with Crippen LogP contribution in [0.4, 0.5) is 14.6 Å². The summed E-state index contributed by atoms with van der Waals surface area (Å²) in [5.74, 6) is -0.532. The monoisotopic (exact) mass is 282 g/mol. The molecule has 19 heavy (non-hydrogen) atoms. The Morgan fingerprint density at radius 3 is 2.58 bits per heavy atom. The zero-order valence-electron chi connectivity index (χ0n) is 10.4. The molecular formula is C14H13ClF2N2. The van der Waals surface area contributed by atoms with Crippen molar-refractivity contribution in [2.45, 2.75) is 12.4 Å². The number of hydrogen-bond donors (Lipinski definition) is 0. The average molecular weight is 283 g/mol. The highest BCUT2D eigenvalue weighted by Crippen LogP contribution is 2.21. The highest BCUT2D eigenvalue weighted by atomic mass is 35.5. The Bertz CT molecular complexity index is 575. The fourth-order valence-electron chi connectivity index (χ4n) is 1.80. The van der Waals surface area contributed by atoms with Crippen molar-refractivity contribution in [1.29, 1.82) is 0 Å². The van der Waals surface area contributed by atoms with E-state index in [2.05, 4.69) is 4.98 Å². The second-order valence-electron chi connectivity index (χ2n) is 4.19. The molecule has 2 rings (SSSR count). The Morgan fingerprint density at radius 1 is 1.16 bits per heavy atom. The second kappa shape index (κ2) is 5.97. The van der Waals surface area contributed by atoms with E-state index in [4.69, 9.17) is 11.6 Å². The Hall–Kier alpha value is -1.68. The van der Waals surface area contributed by atoms with E-state index in [1.807, 2.05) is 0 Å². The molecule has 0 aliphatic heterocycles. The van der Waals surface area contributed by atoms with Crippen LogP contribution in [0.3, 0.4) is 0 Å². The molecule has 0 bridgehead atoms. The topological polar surface area (TPSA) is 16.1 Å². The molecule has 0 unspecified atom stereocenters. The first kappa shape index (κ1) is 13.7. The Labute approximate surface area is 115 Å². The van der Waals surface area contributed by atoms with E-state index in [0.29, 0.717) is 11.1 Å². The van der Waals surface area contributed by atoms with Crippen molar-refractivity contribution in [3.8, 4) is 0 Å². The van der Waals surface area contributed by atoms with Gasteiger partial charge in [-0.3, -0.25) is 0 Å². The van der Waals surface area contributed by atoms with Gasteiger partial charge in [-0.1, -0.05) is 18.2 Å². The predicted octanol–water partition coefficient (Wildman–Crippen LogP) is 3.74. The second-order valence-corrected chi connectivity index (χ2v) is 4.46. The normalized spacial score (nSPS) is 10.5. The van der Waals surface area contributed by atoms with Crippen LogP contribution in [-0.2, 0) is 12.4 Å². The third-order valence-electron chi connectivity index (χ3n) is 2.82. The van der Waals surface area contributed by atoms with Crippen LogP contribution in [0.1, 0.15) is 11.1 Å². The van der Waals surface area contributed by atoms with Gasteiger partial charge < -0.3 is 4.90 Å². The van der Waals surface area contributed by atoms with Crippen molar-refractivity contribution >= 4 is 17.4 Å². The van der Waals surface area contributed by atoms with Crippen molar-refractivity contribution in [3.05, 3.63) is 59.3 Å². The summed E-state index contributed by atoms with van der Waals surface area (Å²) in [5.41, 5.74) is 0.870. The smallest absolute Gasteiger partial charge is 0.170 e. The van der Waals surface area contributed by atoms with Crippen molar-refractivity contribution in [2.75, 3.05) is 11.9 Å². The fourth-order valence-corrected chi connectivity index (χ4v) is 2.00. The molecule has 1 aromatic heterocycles. The zero-order chi connectivity index (χ0) is 13.8. The molecule has 0 aliphatic carbocycles. The summed E-state index contributed by atoms with van der Waals surface area (Å²) in [6.07, 6.45) is 1.49. The minimum atomic E-state index is -0.462. The van der Waals surface area contributed by atoms with Crippen LogP contribution in [-0.4, -0.2) is 12.0 Å². The molecule has 0 amide bonds. The lowest BCUT2D eigenvalue weighted by atomic mass is 10.2. The summed E-state index contributed by atoms with van der Waals surface area (Å²) < 4.78 is 27.6. The van der Waals surface area contributed by atoms with Crippen molar-refractivity contribution in [1.82, 2.24) is 4.98 Å². The number of halogens is 3. The van der Waals surface area contributed by atoms with Crippen LogP contribution in [0.15, 0.2) is 36.5 Å². The Morgan fingerprint density at radius 2 is 1.89 bits per heavy atom. The van der Waals surface area contributed by atoms with E-state index in [0.717, 1.165) is 0 Å². The van der Waals surface area contributed by atoms with Gasteiger partial charge in [0.25, 0.3) is 0 Å². The zero-order valence-corrected chi connectivity index (χ0v) is 11.2. The summed E-state index contributed by atoms with van der Waals surface area (Å²) >= 11 is 5.65. The summed E-state index contributed by atoms with van der Waals surface area (Å²) in [7, 11) is 1.66. The summed E-state index contributed by atoms with van der Waals surface area (Å²) in [5, 5.41) is 0. The summed E-state index contributed by atoms with van der Waals surface area (Å²) in [4.78, 5) is 5.54. The Kier molecular flexibility index (Phi) is 4.32. The van der Waals surface area contributed by atoms with Gasteiger partial charge in [0, 0.05) is 30.9 Å². The van der Waals surface area contributed by atoms with Gasteiger partial charge >= 0.3 is 0 Å². The molecule has 0 saturated carbocycles. The van der Waals surface area contributed by atoms with Gasteiger partial charge in [0.1, 0.15) is 5.82 Å². The first-order valence-corrected chi connectivity index (χ1v) is 6.31. The van der Waals surface area contributed by atoms with Crippen molar-refractivity contribution < 1.29 is 8.78 Å². The molecule has 0 aliphatic rings. The number of aromatic nitrogens is 1. The molecule has 0 N–H and O–H groups in total. The minimum Gasteiger partial charge on any atom is -0.353 e. The van der Waals surface area contributed by atoms with E-state index >= 15 is 0 Å². The van der Waals surface area contributed by atoms with Crippen LogP contribution in [0.5, 0.6) is 0 Å². The molecule has 0 spiro atoms. The SMILES string of the molecule is CN(Cc1ccccc1F)c1nccc(CCl)c1F. The lowest BCUT2D eigenvalue weighted by Gasteiger charge is -2.19. The van der Waals surface area contributed by atoms with Gasteiger partial charge in [-0.05, 0) is 12.1 Å². The van der Waals surface area contributed by atoms with E-state index in [9.17, 15) is 8.78 Å². The highest BCUT2D eigenvalue weighted by Gasteiger charge is 2.14. The molecule has 100 valence electrons. The first-order valence-electron chi connectivity index (χ1n) is 5.77. The fraction of sp³-hybridized carbons (Fsp3) is 0.214. The lowest BCUT2D eigenvalue weighted by molar-refractivity contribution is 0.592. The minimum absolute atomic E-state index is 0.0783. The number of rotatable bonds is 4. The quantitative estimate of drug-likeness (QED) is 0.794. The summed E-state index contributed by atoms with van der Waals surface area (Å²) in [6.45, 7) is 0.238. The van der Waals surface area contributed by atoms with Gasteiger partial charge in [-0.25, -0.2) is 13.8 Å². The number of hydrogen-bond acceptors (Lipinski definition) is 2. The van der Waals surface area contributed by atoms with Crippen LogP contribution < -0.4 is 4.90 Å². The molecule has 0 fully saturated rings. The third kappa shape index (κ3) is 3.01. The Balaban J connectivity index is 2.26. The van der Waals surface area contributed by atoms with Crippen LogP contribution >= 0.6 is 11.6 Å². The molecule has 0 radical (unpaired) electrons. The highest BCUT2D eigenvalue weighted by molar-refractivity contribution is 6.17. The number of nitrogens with zero attached hydrogens (tertiary/aromatic N) is 2. The molecule has 2 nitrogen and oxygen atoms in total. The summed E-state index contributed by atoms with van der Waals surface area (Å²) in [6, 6.07) is 7.93. The molecule has 2 aromatic rings. The molecule has 0 saturated heterocycles. The number of benzene rings is 1. The lowest BCUT2D eigenvalue weighted by Crippen LogP contribution is -2.20. The third-order valence-corrected chi connectivity index (χ3v) is 3.11. The van der Waals surface area contributed by atoms with E-state index in [1.165, 1.54) is 18.3 Å². The van der Waals surface area contributed by atoms with E-state index < -0.39 is 5.82 Å². The maximum Gasteiger partial charge on any atom is 0.170 e. The molecular weight excluding hydrogens is 270 g/mol. The standard InChI is InChI=1S/C14H13ClF2N2/c1-19(9-11-4-2-3-5-12(11)16)14-13(17)10(8-15)6-7-18-14/h2-7H,8-9H2,1H3. The molecule has 1 heterocycles. The maximum atomic E-state index is 14.0. The van der Waals surface area contributed by atoms with Gasteiger partial charge in [0.15, 0.2) is 11.6 Å². The predicted molar refractivity (Wildman–Crippen MR) is 72.3 cm³/mol. The maximum absolute atomic E-state index is 14.0. The van der Waals surface area contributed by atoms with Crippen LogP contribution in [0.25, 0.3) is 0 Å². The number of alkyl halides is 1. The first-order chi connectivity index (χ1) is 9.13. The van der Waals surface area contributed by atoms with E-state index in [1.54, 1.807) is 30.1 Å². The van der Waals surface area contributed by atoms with Crippen molar-refractivity contribution in [3.63, 3.8) is 0 Å². The number of pyridine rings is 1. The largest absolute Gasteiger partial charge is 0.353 e. The van der Waals surface area contributed by atoms with Gasteiger partial charge in [-0.15, -0.1) is 11.6 Å². The molecule has 5 heteroatoms. The van der Waals surface area contributed by atoms with Gasteiger partial charge in [-0.2, -0.15) is 0 Å². The van der Waals surface area contributed by atoms with E-state index in [-0.39, 0.29) is 24.1 Å². The molecule has 0 atom stereocenters. The number of anilines is 1. The molecule has 1 aromatic carbocycles.